The molecule has 40 heavy (non-hydrogen) atoms. The van der Waals surface area contributed by atoms with Crippen LogP contribution in [0.3, 0.4) is 0 Å². The van der Waals surface area contributed by atoms with E-state index in [4.69, 9.17) is 25.8 Å². The minimum Gasteiger partial charge on any atom is -0.490 e. The fraction of sp³-hybridized carbons (Fsp3) is 0.606. The number of fused-ring (bicyclic) bond motifs is 3. The molecule has 0 bridgehead atoms. The molecule has 2 fully saturated rings. The molecule has 2 aromatic rings. The number of ether oxygens (including phenoxy) is 3. The fourth-order valence-electron chi connectivity index (χ4n) is 8.11. The van der Waals surface area contributed by atoms with Crippen LogP contribution in [0.15, 0.2) is 36.4 Å². The first-order chi connectivity index (χ1) is 19.4. The molecule has 1 unspecified atom stereocenters. The van der Waals surface area contributed by atoms with Crippen LogP contribution in [0.1, 0.15) is 72.9 Å². The SMILES string of the molecule is COC(=O)c1ccc2c(c1)N(C[C@@H]1CC[C@H]1[C@@H](OC)[C@H]1CCC[C@@H](O)C1)CC1(CCCc3cc(Cl)ccc31)CO2. The van der Waals surface area contributed by atoms with E-state index in [1.165, 1.54) is 18.2 Å². The summed E-state index contributed by atoms with van der Waals surface area (Å²) in [6.45, 7) is 2.30. The van der Waals surface area contributed by atoms with Gasteiger partial charge in [0.15, 0.2) is 0 Å². The second-order valence-corrected chi connectivity index (χ2v) is 13.0. The molecule has 2 saturated carbocycles. The van der Waals surface area contributed by atoms with Gasteiger partial charge in [-0.05, 0) is 111 Å². The summed E-state index contributed by atoms with van der Waals surface area (Å²) in [7, 11) is 3.27. The van der Waals surface area contributed by atoms with Crippen LogP contribution in [0.4, 0.5) is 5.69 Å². The van der Waals surface area contributed by atoms with Gasteiger partial charge in [-0.3, -0.25) is 0 Å². The Morgan fingerprint density at radius 1 is 1.15 bits per heavy atom. The minimum absolute atomic E-state index is 0.157. The Hall–Kier alpha value is -2.28. The quantitative estimate of drug-likeness (QED) is 0.420. The number of aliphatic hydroxyl groups excluding tert-OH is 1. The number of hydrogen-bond donors (Lipinski definition) is 1. The number of halogens is 1. The van der Waals surface area contributed by atoms with Crippen LogP contribution in [-0.2, 0) is 21.3 Å². The number of anilines is 1. The van der Waals surface area contributed by atoms with E-state index in [0.29, 0.717) is 29.9 Å². The molecule has 0 amide bonds. The number of aryl methyl sites for hydroxylation is 1. The van der Waals surface area contributed by atoms with Gasteiger partial charge in [-0.25, -0.2) is 4.79 Å². The summed E-state index contributed by atoms with van der Waals surface area (Å²) in [5.74, 6) is 1.83. The lowest BCUT2D eigenvalue weighted by atomic mass is 9.65. The largest absolute Gasteiger partial charge is 0.490 e. The number of carbonyl (C=O) groups excluding carboxylic acids is 1. The van der Waals surface area contributed by atoms with Crippen molar-refractivity contribution in [3.63, 3.8) is 0 Å². The second-order valence-electron chi connectivity index (χ2n) is 12.6. The van der Waals surface area contributed by atoms with Crippen LogP contribution in [0.2, 0.25) is 5.02 Å². The fourth-order valence-corrected chi connectivity index (χ4v) is 8.31. The molecule has 216 valence electrons. The van der Waals surface area contributed by atoms with E-state index in [-0.39, 0.29) is 23.6 Å². The highest BCUT2D eigenvalue weighted by Gasteiger charge is 2.46. The first-order valence-electron chi connectivity index (χ1n) is 15.0. The zero-order valence-electron chi connectivity index (χ0n) is 23.7. The lowest BCUT2D eigenvalue weighted by Gasteiger charge is -2.48. The number of esters is 1. The second kappa shape index (κ2) is 11.5. The monoisotopic (exact) mass is 567 g/mol. The van der Waals surface area contributed by atoms with Gasteiger partial charge in [0, 0.05) is 30.6 Å². The van der Waals surface area contributed by atoms with Gasteiger partial charge in [-0.1, -0.05) is 24.1 Å². The highest BCUT2D eigenvalue weighted by Crippen LogP contribution is 2.48. The van der Waals surface area contributed by atoms with Crippen LogP contribution in [-0.4, -0.2) is 57.2 Å². The maximum absolute atomic E-state index is 12.5. The molecule has 2 aromatic carbocycles. The Labute approximate surface area is 242 Å². The molecule has 6 atom stereocenters. The summed E-state index contributed by atoms with van der Waals surface area (Å²) < 4.78 is 17.8. The Morgan fingerprint density at radius 3 is 2.77 bits per heavy atom. The lowest BCUT2D eigenvalue weighted by molar-refractivity contribution is -0.0721. The number of methoxy groups -OCH3 is 2. The third kappa shape index (κ3) is 5.23. The smallest absolute Gasteiger partial charge is 0.337 e. The zero-order chi connectivity index (χ0) is 27.9. The lowest BCUT2D eigenvalue weighted by Crippen LogP contribution is -2.51. The number of nitrogens with zero attached hydrogens (tertiary/aromatic N) is 1. The van der Waals surface area contributed by atoms with Crippen LogP contribution in [0, 0.1) is 17.8 Å². The number of hydrogen-bond acceptors (Lipinski definition) is 6. The standard InChI is InChI=1S/C33H42ClNO5/c1-38-31(22-5-3-7-26(36)16-22)27-11-8-24(27)18-35-19-33(14-4-6-21-15-25(34)10-12-28(21)33)20-40-30-13-9-23(17-29(30)35)32(37)39-2/h9-10,12-13,15,17,22,24,26-27,31,36H,3-8,11,14,16,18-20H2,1-2H3/t22-,24-,26+,27+,31-,33?/m0/s1. The summed E-state index contributed by atoms with van der Waals surface area (Å²) in [5.41, 5.74) is 4.01. The van der Waals surface area contributed by atoms with Crippen LogP contribution >= 0.6 is 11.6 Å². The Morgan fingerprint density at radius 2 is 2.02 bits per heavy atom. The first kappa shape index (κ1) is 27.9. The Balaban J connectivity index is 1.33. The van der Waals surface area contributed by atoms with Crippen molar-refractivity contribution in [3.05, 3.63) is 58.1 Å². The molecule has 1 spiro atoms. The molecule has 1 N–H and O–H groups in total. The van der Waals surface area contributed by atoms with Gasteiger partial charge < -0.3 is 24.2 Å². The molecule has 6 rings (SSSR count). The van der Waals surface area contributed by atoms with E-state index >= 15 is 0 Å². The molecule has 4 aliphatic rings. The number of carbonyl (C=O) groups is 1. The molecule has 3 aliphatic carbocycles. The molecule has 1 aliphatic heterocycles. The van der Waals surface area contributed by atoms with Crippen molar-refractivity contribution in [3.8, 4) is 5.75 Å². The van der Waals surface area contributed by atoms with Crippen molar-refractivity contribution < 1.29 is 24.1 Å². The number of aliphatic hydroxyl groups is 1. The molecule has 7 heteroatoms. The molecule has 6 nitrogen and oxygen atoms in total. The van der Waals surface area contributed by atoms with Crippen LogP contribution < -0.4 is 9.64 Å². The van der Waals surface area contributed by atoms with E-state index in [2.05, 4.69) is 17.0 Å². The van der Waals surface area contributed by atoms with Crippen molar-refractivity contribution in [1.29, 1.82) is 0 Å². The van der Waals surface area contributed by atoms with Crippen molar-refractivity contribution in [1.82, 2.24) is 0 Å². The van der Waals surface area contributed by atoms with Crippen LogP contribution in [0.5, 0.6) is 5.75 Å². The van der Waals surface area contributed by atoms with Crippen molar-refractivity contribution >= 4 is 23.3 Å². The summed E-state index contributed by atoms with van der Waals surface area (Å²) in [6.07, 6.45) is 9.39. The first-order valence-corrected chi connectivity index (χ1v) is 15.4. The van der Waals surface area contributed by atoms with E-state index in [9.17, 15) is 9.90 Å². The van der Waals surface area contributed by atoms with Crippen LogP contribution in [0.25, 0.3) is 0 Å². The average Bonchev–Trinajstić information content (AvgIpc) is 3.10. The normalized spacial score (nSPS) is 30.4. The highest BCUT2D eigenvalue weighted by molar-refractivity contribution is 6.30. The van der Waals surface area contributed by atoms with Gasteiger partial charge in [-0.2, -0.15) is 0 Å². The van der Waals surface area contributed by atoms with Gasteiger partial charge >= 0.3 is 5.97 Å². The van der Waals surface area contributed by atoms with Crippen molar-refractivity contribution in [2.45, 2.75) is 75.4 Å². The van der Waals surface area contributed by atoms with E-state index in [1.54, 1.807) is 6.07 Å². The summed E-state index contributed by atoms with van der Waals surface area (Å²) in [5, 5.41) is 11.2. The van der Waals surface area contributed by atoms with E-state index in [0.717, 1.165) is 87.3 Å². The van der Waals surface area contributed by atoms with Crippen molar-refractivity contribution in [2.75, 3.05) is 38.8 Å². The highest BCUT2D eigenvalue weighted by atomic mass is 35.5. The Bertz CT molecular complexity index is 1240. The third-order valence-corrected chi connectivity index (χ3v) is 10.5. The number of benzene rings is 2. The molecule has 0 saturated heterocycles. The van der Waals surface area contributed by atoms with Gasteiger partial charge in [0.2, 0.25) is 0 Å². The van der Waals surface area contributed by atoms with Gasteiger partial charge in [-0.15, -0.1) is 0 Å². The predicted octanol–water partition coefficient (Wildman–Crippen LogP) is 6.19. The summed E-state index contributed by atoms with van der Waals surface area (Å²) in [4.78, 5) is 15.0. The maximum atomic E-state index is 12.5. The molecular formula is C33H42ClNO5. The van der Waals surface area contributed by atoms with Crippen molar-refractivity contribution in [2.24, 2.45) is 17.8 Å². The predicted molar refractivity (Wildman–Crippen MR) is 157 cm³/mol. The minimum atomic E-state index is -0.337. The average molecular weight is 568 g/mol. The summed E-state index contributed by atoms with van der Waals surface area (Å²) >= 11 is 6.41. The maximum Gasteiger partial charge on any atom is 0.337 e. The van der Waals surface area contributed by atoms with Gasteiger partial charge in [0.1, 0.15) is 5.75 Å². The van der Waals surface area contributed by atoms with E-state index in [1.807, 2.05) is 25.3 Å². The molecule has 0 radical (unpaired) electrons. The molecule has 0 aromatic heterocycles. The number of rotatable bonds is 6. The van der Waals surface area contributed by atoms with Gasteiger partial charge in [0.05, 0.1) is 37.2 Å². The zero-order valence-corrected chi connectivity index (χ0v) is 24.5. The molecule has 1 heterocycles. The summed E-state index contributed by atoms with van der Waals surface area (Å²) in [6, 6.07) is 12.0. The van der Waals surface area contributed by atoms with E-state index < -0.39 is 0 Å². The topological polar surface area (TPSA) is 68.2 Å². The Kier molecular flexibility index (Phi) is 8.04. The third-order valence-electron chi connectivity index (χ3n) is 10.2. The molecular weight excluding hydrogens is 526 g/mol. The van der Waals surface area contributed by atoms with Gasteiger partial charge in [0.25, 0.3) is 0 Å².